The fourth-order valence-corrected chi connectivity index (χ4v) is 4.33. The Hall–Kier alpha value is -1.47. The number of fused-ring (bicyclic) bond motifs is 1. The Morgan fingerprint density at radius 2 is 2.05 bits per heavy atom. The highest BCUT2D eigenvalue weighted by molar-refractivity contribution is 7.90. The quantitative estimate of drug-likeness (QED) is 0.884. The number of sulfonamides is 1. The van der Waals surface area contributed by atoms with Crippen LogP contribution in [0, 0.1) is 5.92 Å². The SMILES string of the molecule is CC(C)CS(=O)(=O)NC(=O)CCc1nc2ccccc2s1. The number of aryl methyl sites for hydroxylation is 1. The number of nitrogens with zero attached hydrogens (tertiary/aromatic N) is 1. The van der Waals surface area contributed by atoms with Crippen LogP contribution >= 0.6 is 11.3 Å². The lowest BCUT2D eigenvalue weighted by atomic mass is 10.3. The van der Waals surface area contributed by atoms with Gasteiger partial charge in [0.25, 0.3) is 0 Å². The lowest BCUT2D eigenvalue weighted by Gasteiger charge is -2.08. The average molecular weight is 326 g/mol. The van der Waals surface area contributed by atoms with Gasteiger partial charge in [0.05, 0.1) is 21.0 Å². The first-order valence-corrected chi connectivity index (χ1v) is 9.20. The number of amides is 1. The summed E-state index contributed by atoms with van der Waals surface area (Å²) in [4.78, 5) is 16.1. The summed E-state index contributed by atoms with van der Waals surface area (Å²) in [5.74, 6) is -0.533. The second-order valence-electron chi connectivity index (χ2n) is 5.28. The third-order valence-electron chi connectivity index (χ3n) is 2.73. The maximum atomic E-state index is 11.7. The summed E-state index contributed by atoms with van der Waals surface area (Å²) in [6.45, 7) is 3.59. The molecule has 0 saturated heterocycles. The van der Waals surface area contributed by atoms with Crippen LogP contribution in [-0.4, -0.2) is 25.1 Å². The summed E-state index contributed by atoms with van der Waals surface area (Å²) in [5, 5.41) is 0.840. The fourth-order valence-electron chi connectivity index (χ4n) is 1.95. The highest BCUT2D eigenvalue weighted by atomic mass is 32.2. The van der Waals surface area contributed by atoms with Crippen LogP contribution in [0.3, 0.4) is 0 Å². The van der Waals surface area contributed by atoms with Gasteiger partial charge in [-0.1, -0.05) is 26.0 Å². The van der Waals surface area contributed by atoms with Crippen molar-refractivity contribution in [3.8, 4) is 0 Å². The lowest BCUT2D eigenvalue weighted by molar-refractivity contribution is -0.119. The van der Waals surface area contributed by atoms with Crippen molar-refractivity contribution in [2.75, 3.05) is 5.75 Å². The molecule has 1 heterocycles. The Morgan fingerprint density at radius 3 is 2.71 bits per heavy atom. The van der Waals surface area contributed by atoms with E-state index < -0.39 is 15.9 Å². The van der Waals surface area contributed by atoms with Gasteiger partial charge in [0.2, 0.25) is 15.9 Å². The molecule has 114 valence electrons. The molecule has 0 bridgehead atoms. The lowest BCUT2D eigenvalue weighted by Crippen LogP contribution is -2.34. The monoisotopic (exact) mass is 326 g/mol. The number of carbonyl (C=O) groups is 1. The predicted molar refractivity (Wildman–Crippen MR) is 84.7 cm³/mol. The van der Waals surface area contributed by atoms with E-state index in [1.54, 1.807) is 13.8 Å². The van der Waals surface area contributed by atoms with Crippen molar-refractivity contribution in [1.82, 2.24) is 9.71 Å². The van der Waals surface area contributed by atoms with Crippen LogP contribution < -0.4 is 4.72 Å². The van der Waals surface area contributed by atoms with Crippen molar-refractivity contribution in [3.05, 3.63) is 29.3 Å². The number of carbonyl (C=O) groups excluding carboxylic acids is 1. The third kappa shape index (κ3) is 4.78. The van der Waals surface area contributed by atoms with Gasteiger partial charge < -0.3 is 0 Å². The Kier molecular flexibility index (Phi) is 4.95. The molecular weight excluding hydrogens is 308 g/mol. The highest BCUT2D eigenvalue weighted by Gasteiger charge is 2.16. The Bertz CT molecular complexity index is 703. The van der Waals surface area contributed by atoms with Crippen LogP contribution in [0.1, 0.15) is 25.3 Å². The summed E-state index contributed by atoms with van der Waals surface area (Å²) in [6, 6.07) is 7.75. The number of hydrogen-bond acceptors (Lipinski definition) is 5. The van der Waals surface area contributed by atoms with Crippen LogP contribution in [0.25, 0.3) is 10.2 Å². The van der Waals surface area contributed by atoms with Crippen molar-refractivity contribution < 1.29 is 13.2 Å². The Balaban J connectivity index is 1.92. The molecule has 0 saturated carbocycles. The van der Waals surface area contributed by atoms with Gasteiger partial charge in [0, 0.05) is 12.8 Å². The van der Waals surface area contributed by atoms with Gasteiger partial charge in [0.1, 0.15) is 0 Å². The molecule has 1 aromatic heterocycles. The molecule has 0 radical (unpaired) electrons. The standard InChI is InChI=1S/C14H18N2O3S2/c1-10(2)9-21(18,19)16-13(17)7-8-14-15-11-5-3-4-6-12(11)20-14/h3-6,10H,7-9H2,1-2H3,(H,16,17). The zero-order valence-electron chi connectivity index (χ0n) is 12.0. The smallest absolute Gasteiger partial charge is 0.235 e. The summed E-state index contributed by atoms with van der Waals surface area (Å²) >= 11 is 1.53. The van der Waals surface area contributed by atoms with E-state index in [4.69, 9.17) is 0 Å². The molecule has 5 nitrogen and oxygen atoms in total. The topological polar surface area (TPSA) is 76.1 Å². The molecule has 0 fully saturated rings. The molecule has 0 spiro atoms. The minimum atomic E-state index is -3.53. The van der Waals surface area contributed by atoms with Crippen LogP contribution in [0.2, 0.25) is 0 Å². The first-order chi connectivity index (χ1) is 9.85. The molecular formula is C14H18N2O3S2. The largest absolute Gasteiger partial charge is 0.274 e. The zero-order chi connectivity index (χ0) is 15.5. The number of nitrogens with one attached hydrogen (secondary N) is 1. The molecule has 1 amide bonds. The van der Waals surface area contributed by atoms with E-state index in [2.05, 4.69) is 9.71 Å². The Labute approximate surface area is 128 Å². The van der Waals surface area contributed by atoms with E-state index in [1.807, 2.05) is 24.3 Å². The van der Waals surface area contributed by atoms with Gasteiger partial charge in [-0.3, -0.25) is 9.52 Å². The van der Waals surface area contributed by atoms with Crippen molar-refractivity contribution in [3.63, 3.8) is 0 Å². The van der Waals surface area contributed by atoms with Gasteiger partial charge in [-0.2, -0.15) is 0 Å². The molecule has 0 unspecified atom stereocenters. The minimum Gasteiger partial charge on any atom is -0.274 e. The number of para-hydroxylation sites is 1. The van der Waals surface area contributed by atoms with Gasteiger partial charge in [-0.05, 0) is 18.1 Å². The van der Waals surface area contributed by atoms with Gasteiger partial charge >= 0.3 is 0 Å². The van der Waals surface area contributed by atoms with Crippen molar-refractivity contribution in [1.29, 1.82) is 0 Å². The highest BCUT2D eigenvalue weighted by Crippen LogP contribution is 2.22. The maximum absolute atomic E-state index is 11.7. The van der Waals surface area contributed by atoms with E-state index in [0.717, 1.165) is 15.2 Å². The van der Waals surface area contributed by atoms with Crippen molar-refractivity contribution in [2.45, 2.75) is 26.7 Å². The number of thiazole rings is 1. The van der Waals surface area contributed by atoms with Crippen LogP contribution in [-0.2, 0) is 21.2 Å². The fraction of sp³-hybridized carbons (Fsp3) is 0.429. The first-order valence-electron chi connectivity index (χ1n) is 6.73. The van der Waals surface area contributed by atoms with Gasteiger partial charge in [0.15, 0.2) is 0 Å². The predicted octanol–water partition coefficient (Wildman–Crippen LogP) is 2.33. The summed E-state index contributed by atoms with van der Waals surface area (Å²) in [6.07, 6.45) is 0.569. The van der Waals surface area contributed by atoms with Crippen LogP contribution in [0.4, 0.5) is 0 Å². The normalized spacial score (nSPS) is 12.0. The molecule has 0 atom stereocenters. The zero-order valence-corrected chi connectivity index (χ0v) is 13.6. The summed E-state index contributed by atoms with van der Waals surface area (Å²) in [5.41, 5.74) is 0.908. The molecule has 21 heavy (non-hydrogen) atoms. The Morgan fingerprint density at radius 1 is 1.33 bits per heavy atom. The van der Waals surface area contributed by atoms with Gasteiger partial charge in [-0.25, -0.2) is 13.4 Å². The molecule has 0 aliphatic heterocycles. The average Bonchev–Trinajstić information content (AvgIpc) is 2.76. The van der Waals surface area contributed by atoms with E-state index >= 15 is 0 Å². The third-order valence-corrected chi connectivity index (χ3v) is 5.47. The van der Waals surface area contributed by atoms with E-state index in [1.165, 1.54) is 11.3 Å². The van der Waals surface area contributed by atoms with Crippen LogP contribution in [0.15, 0.2) is 24.3 Å². The molecule has 2 aromatic rings. The van der Waals surface area contributed by atoms with Gasteiger partial charge in [-0.15, -0.1) is 11.3 Å². The number of benzene rings is 1. The van der Waals surface area contributed by atoms with Crippen LogP contribution in [0.5, 0.6) is 0 Å². The number of rotatable bonds is 6. The maximum Gasteiger partial charge on any atom is 0.235 e. The molecule has 1 N–H and O–H groups in total. The van der Waals surface area contributed by atoms with E-state index in [0.29, 0.717) is 6.42 Å². The summed E-state index contributed by atoms with van der Waals surface area (Å²) < 4.78 is 26.5. The van der Waals surface area contributed by atoms with E-state index in [-0.39, 0.29) is 18.1 Å². The molecule has 0 aliphatic carbocycles. The molecule has 0 aliphatic rings. The number of aromatic nitrogens is 1. The minimum absolute atomic E-state index is 0.0143. The van der Waals surface area contributed by atoms with Crippen molar-refractivity contribution >= 4 is 37.5 Å². The van der Waals surface area contributed by atoms with Crippen molar-refractivity contribution in [2.24, 2.45) is 5.92 Å². The number of hydrogen-bond donors (Lipinski definition) is 1. The molecule has 1 aromatic carbocycles. The van der Waals surface area contributed by atoms with E-state index in [9.17, 15) is 13.2 Å². The second kappa shape index (κ2) is 6.53. The molecule has 7 heteroatoms. The summed E-state index contributed by atoms with van der Waals surface area (Å²) in [7, 11) is -3.53. The first kappa shape index (κ1) is 15.9. The molecule has 2 rings (SSSR count). The second-order valence-corrected chi connectivity index (χ2v) is 8.16.